The number of aliphatic carboxylic acids is 1. The molecule has 1 N–H and O–H groups in total. The number of amides is 2. The topological polar surface area (TPSA) is 104 Å². The molecule has 0 unspecified atom stereocenters. The zero-order chi connectivity index (χ0) is 24.0. The van der Waals surface area contributed by atoms with Crippen molar-refractivity contribution in [2.45, 2.75) is 25.2 Å². The zero-order valence-corrected chi connectivity index (χ0v) is 18.8. The zero-order valence-electron chi connectivity index (χ0n) is 18.8. The molecule has 1 aliphatic rings. The van der Waals surface area contributed by atoms with Crippen molar-refractivity contribution < 1.29 is 29.0 Å². The summed E-state index contributed by atoms with van der Waals surface area (Å²) in [5.41, 5.74) is 4.60. The molecule has 0 aliphatic heterocycles. The Morgan fingerprint density at radius 2 is 1.36 bits per heavy atom. The van der Waals surface area contributed by atoms with E-state index < -0.39 is 18.4 Å². The second kappa shape index (κ2) is 10.8. The van der Waals surface area contributed by atoms with Crippen molar-refractivity contribution in [3.05, 3.63) is 59.7 Å². The number of nitrogens with zero attached hydrogens (tertiary/aromatic N) is 2. The van der Waals surface area contributed by atoms with Gasteiger partial charge in [0.25, 0.3) is 0 Å². The van der Waals surface area contributed by atoms with E-state index in [-0.39, 0.29) is 43.8 Å². The normalized spacial score (nSPS) is 11.9. The number of likely N-dealkylation sites (N-methyl/N-ethyl adjacent to an activating group) is 2. The van der Waals surface area contributed by atoms with E-state index in [0.717, 1.165) is 27.2 Å². The molecule has 0 aromatic heterocycles. The van der Waals surface area contributed by atoms with E-state index in [1.54, 1.807) is 0 Å². The number of esters is 1. The van der Waals surface area contributed by atoms with E-state index in [9.17, 15) is 19.2 Å². The maximum absolute atomic E-state index is 12.3. The number of ether oxygens (including phenoxy) is 1. The number of fused-ring (bicyclic) bond motifs is 3. The molecule has 2 amide bonds. The highest BCUT2D eigenvalue weighted by Gasteiger charge is 2.29. The van der Waals surface area contributed by atoms with Gasteiger partial charge in [0.15, 0.2) is 0 Å². The van der Waals surface area contributed by atoms with Crippen molar-refractivity contribution >= 4 is 23.8 Å². The molecule has 2 aromatic carbocycles. The van der Waals surface area contributed by atoms with Crippen LogP contribution in [0.2, 0.25) is 0 Å². The van der Waals surface area contributed by atoms with Crippen molar-refractivity contribution in [2.75, 3.05) is 33.8 Å². The number of carboxylic acids is 1. The van der Waals surface area contributed by atoms with E-state index in [1.807, 2.05) is 24.3 Å². The molecule has 0 bridgehead atoms. The summed E-state index contributed by atoms with van der Waals surface area (Å²) in [7, 11) is 2.84. The second-order valence-electron chi connectivity index (χ2n) is 8.16. The lowest BCUT2D eigenvalue weighted by molar-refractivity contribution is -0.145. The third kappa shape index (κ3) is 5.97. The van der Waals surface area contributed by atoms with Crippen LogP contribution >= 0.6 is 0 Å². The molecule has 0 radical (unpaired) electrons. The van der Waals surface area contributed by atoms with Crippen LogP contribution < -0.4 is 0 Å². The maximum Gasteiger partial charge on any atom is 0.323 e. The van der Waals surface area contributed by atoms with Crippen LogP contribution in [0.3, 0.4) is 0 Å². The molecule has 0 heterocycles. The molecule has 0 saturated carbocycles. The molecule has 3 rings (SSSR count). The first-order valence-electron chi connectivity index (χ1n) is 10.8. The summed E-state index contributed by atoms with van der Waals surface area (Å²) in [5, 5.41) is 8.74. The van der Waals surface area contributed by atoms with Crippen LogP contribution in [0.5, 0.6) is 0 Å². The van der Waals surface area contributed by atoms with E-state index in [2.05, 4.69) is 24.3 Å². The minimum Gasteiger partial charge on any atom is -0.480 e. The van der Waals surface area contributed by atoms with Gasteiger partial charge < -0.3 is 19.6 Å². The van der Waals surface area contributed by atoms with Crippen molar-refractivity contribution in [3.8, 4) is 11.1 Å². The van der Waals surface area contributed by atoms with E-state index in [4.69, 9.17) is 9.84 Å². The molecule has 0 saturated heterocycles. The molecule has 174 valence electrons. The van der Waals surface area contributed by atoms with Gasteiger partial charge in [0, 0.05) is 32.9 Å². The summed E-state index contributed by atoms with van der Waals surface area (Å²) >= 11 is 0. The van der Waals surface area contributed by atoms with Gasteiger partial charge in [-0.25, -0.2) is 0 Å². The average Bonchev–Trinajstić information content (AvgIpc) is 3.10. The van der Waals surface area contributed by atoms with Gasteiger partial charge in [0.05, 0.1) is 6.54 Å². The van der Waals surface area contributed by atoms with E-state index in [1.165, 1.54) is 19.0 Å². The highest BCUT2D eigenvalue weighted by Crippen LogP contribution is 2.44. The molecule has 2 aromatic rings. The standard InChI is InChI=1S/C25H28N2O6/c1-26(14-23(29)27(2)15-24(30)31)22(28)12-7-13-25(32)33-16-21-19-10-5-3-8-17(19)18-9-4-6-11-20(18)21/h3-6,8-11,21H,7,12-16H2,1-2H3,(H,30,31). The van der Waals surface area contributed by atoms with Crippen LogP contribution in [0.15, 0.2) is 48.5 Å². The molecule has 8 nitrogen and oxygen atoms in total. The van der Waals surface area contributed by atoms with E-state index >= 15 is 0 Å². The van der Waals surface area contributed by atoms with Gasteiger partial charge in [0.2, 0.25) is 11.8 Å². The Bertz CT molecular complexity index is 1010. The second-order valence-corrected chi connectivity index (χ2v) is 8.16. The third-order valence-electron chi connectivity index (χ3n) is 5.74. The molecule has 0 spiro atoms. The largest absolute Gasteiger partial charge is 0.480 e. The predicted octanol–water partition coefficient (Wildman–Crippen LogP) is 2.51. The van der Waals surface area contributed by atoms with Gasteiger partial charge in [-0.15, -0.1) is 0 Å². The van der Waals surface area contributed by atoms with Crippen molar-refractivity contribution in [2.24, 2.45) is 0 Å². The SMILES string of the molecule is CN(CC(=O)O)C(=O)CN(C)C(=O)CCCC(=O)OCC1c2ccccc2-c2ccccc21. The minimum atomic E-state index is -1.12. The first kappa shape index (κ1) is 24.0. The molecular formula is C25H28N2O6. The fraction of sp³-hybridized carbons (Fsp3) is 0.360. The highest BCUT2D eigenvalue weighted by molar-refractivity contribution is 5.86. The smallest absolute Gasteiger partial charge is 0.323 e. The maximum atomic E-state index is 12.3. The molecular weight excluding hydrogens is 424 g/mol. The van der Waals surface area contributed by atoms with Gasteiger partial charge in [-0.2, -0.15) is 0 Å². The van der Waals surface area contributed by atoms with Gasteiger partial charge in [-0.3, -0.25) is 19.2 Å². The van der Waals surface area contributed by atoms with E-state index in [0.29, 0.717) is 6.42 Å². The number of hydrogen-bond acceptors (Lipinski definition) is 5. The van der Waals surface area contributed by atoms with Crippen molar-refractivity contribution in [1.82, 2.24) is 9.80 Å². The third-order valence-corrected chi connectivity index (χ3v) is 5.74. The first-order chi connectivity index (χ1) is 15.8. The number of carbonyl (C=O) groups excluding carboxylic acids is 3. The Balaban J connectivity index is 1.44. The van der Waals surface area contributed by atoms with Crippen molar-refractivity contribution in [1.29, 1.82) is 0 Å². The fourth-order valence-electron chi connectivity index (χ4n) is 3.97. The Morgan fingerprint density at radius 3 is 1.94 bits per heavy atom. The summed E-state index contributed by atoms with van der Waals surface area (Å²) in [6.45, 7) is -0.401. The molecule has 0 atom stereocenters. The monoisotopic (exact) mass is 452 g/mol. The van der Waals surface area contributed by atoms with Crippen molar-refractivity contribution in [3.63, 3.8) is 0 Å². The Hall–Kier alpha value is -3.68. The van der Waals surface area contributed by atoms with Crippen LogP contribution in [-0.2, 0) is 23.9 Å². The summed E-state index contributed by atoms with van der Waals surface area (Å²) in [6.07, 6.45) is 0.498. The Labute approximate surface area is 192 Å². The molecule has 33 heavy (non-hydrogen) atoms. The van der Waals surface area contributed by atoms with Gasteiger partial charge >= 0.3 is 11.9 Å². The Morgan fingerprint density at radius 1 is 0.818 bits per heavy atom. The predicted molar refractivity (Wildman–Crippen MR) is 121 cm³/mol. The number of hydrogen-bond donors (Lipinski definition) is 1. The number of rotatable bonds is 10. The summed E-state index contributed by atoms with van der Waals surface area (Å²) in [6, 6.07) is 16.2. The molecule has 1 aliphatic carbocycles. The van der Waals surface area contributed by atoms with Crippen LogP contribution in [0.25, 0.3) is 11.1 Å². The Kier molecular flexibility index (Phi) is 7.82. The molecule has 8 heteroatoms. The summed E-state index contributed by atoms with van der Waals surface area (Å²) < 4.78 is 5.53. The quantitative estimate of drug-likeness (QED) is 0.556. The minimum absolute atomic E-state index is 0.0112. The van der Waals surface area contributed by atoms with Gasteiger partial charge in [-0.1, -0.05) is 48.5 Å². The van der Waals surface area contributed by atoms with Crippen LogP contribution in [-0.4, -0.2) is 72.5 Å². The van der Waals surface area contributed by atoms with Gasteiger partial charge in [-0.05, 0) is 28.7 Å². The van der Waals surface area contributed by atoms with Crippen LogP contribution in [0, 0.1) is 0 Å². The molecule has 0 fully saturated rings. The lowest BCUT2D eigenvalue weighted by Crippen LogP contribution is -2.41. The van der Waals surface area contributed by atoms with Crippen LogP contribution in [0.4, 0.5) is 0 Å². The highest BCUT2D eigenvalue weighted by atomic mass is 16.5. The number of carbonyl (C=O) groups is 4. The number of carboxylic acid groups (broad SMARTS) is 1. The lowest BCUT2D eigenvalue weighted by atomic mass is 9.98. The summed E-state index contributed by atoms with van der Waals surface area (Å²) in [5.74, 6) is -2.27. The lowest BCUT2D eigenvalue weighted by Gasteiger charge is -2.20. The first-order valence-corrected chi connectivity index (χ1v) is 10.8. The average molecular weight is 453 g/mol. The fourth-order valence-corrected chi connectivity index (χ4v) is 3.97. The number of benzene rings is 2. The summed E-state index contributed by atoms with van der Waals surface area (Å²) in [4.78, 5) is 49.4. The van der Waals surface area contributed by atoms with Gasteiger partial charge in [0.1, 0.15) is 13.2 Å². The van der Waals surface area contributed by atoms with Crippen LogP contribution in [0.1, 0.15) is 36.3 Å².